The van der Waals surface area contributed by atoms with Gasteiger partial charge < -0.3 is 10.0 Å². The number of aliphatic hydroxyl groups is 1. The molecule has 1 saturated carbocycles. The number of fused-ring (bicyclic) bond motifs is 1. The summed E-state index contributed by atoms with van der Waals surface area (Å²) in [5.41, 5.74) is 0. The molecule has 0 spiro atoms. The number of likely N-dealkylation sites (tertiary alicyclic amines) is 1. The second-order valence-electron chi connectivity index (χ2n) is 6.23. The van der Waals surface area contributed by atoms with E-state index in [1.807, 2.05) is 16.9 Å². The third-order valence-corrected chi connectivity index (χ3v) is 4.80. The number of hydrogen-bond acceptors (Lipinski definition) is 3. The maximum absolute atomic E-state index is 10.2. The fourth-order valence-electron chi connectivity index (χ4n) is 3.82. The van der Waals surface area contributed by atoms with E-state index >= 15 is 0 Å². The van der Waals surface area contributed by atoms with Crippen LogP contribution < -0.4 is 0 Å². The molecule has 19 heavy (non-hydrogen) atoms. The Kier molecular flexibility index (Phi) is 4.18. The Labute approximate surface area is 115 Å². The Morgan fingerprint density at radius 3 is 2.79 bits per heavy atom. The van der Waals surface area contributed by atoms with Crippen LogP contribution in [0.3, 0.4) is 0 Å². The molecule has 0 aromatic carbocycles. The standard InChI is InChI=1S/C15H25N3O/c19-15(12-18-8-3-7-16-18)11-17-9-6-13-4-1-2-5-14(13)10-17/h3,7-8,13-15,19H,1-2,4-6,9-12H2/t13-,14+,15-/m1/s1. The normalized spacial score (nSPS) is 29.9. The number of nitrogens with zero attached hydrogens (tertiary/aromatic N) is 3. The highest BCUT2D eigenvalue weighted by molar-refractivity contribution is 4.85. The van der Waals surface area contributed by atoms with Crippen LogP contribution in [0.2, 0.25) is 0 Å². The minimum Gasteiger partial charge on any atom is -0.390 e. The van der Waals surface area contributed by atoms with E-state index in [1.165, 1.54) is 38.6 Å². The van der Waals surface area contributed by atoms with Crippen molar-refractivity contribution < 1.29 is 5.11 Å². The number of piperidine rings is 1. The Morgan fingerprint density at radius 2 is 2.00 bits per heavy atom. The van der Waals surface area contributed by atoms with Gasteiger partial charge in [0.25, 0.3) is 0 Å². The summed E-state index contributed by atoms with van der Waals surface area (Å²) in [6, 6.07) is 1.90. The Morgan fingerprint density at radius 1 is 1.16 bits per heavy atom. The molecule has 0 bridgehead atoms. The van der Waals surface area contributed by atoms with Crippen molar-refractivity contribution in [1.29, 1.82) is 0 Å². The average molecular weight is 263 g/mol. The van der Waals surface area contributed by atoms with Crippen LogP contribution in [-0.4, -0.2) is 45.5 Å². The SMILES string of the molecule is O[C@H](CN1CC[C@H]2CCCC[C@H]2C1)Cn1cccn1. The Hall–Kier alpha value is -0.870. The lowest BCUT2D eigenvalue weighted by Crippen LogP contribution is -2.45. The second-order valence-corrected chi connectivity index (χ2v) is 6.23. The molecule has 0 amide bonds. The third-order valence-electron chi connectivity index (χ3n) is 4.80. The van der Waals surface area contributed by atoms with Gasteiger partial charge >= 0.3 is 0 Å². The number of rotatable bonds is 4. The van der Waals surface area contributed by atoms with Gasteiger partial charge in [-0.05, 0) is 37.3 Å². The Bertz CT molecular complexity index is 379. The van der Waals surface area contributed by atoms with Crippen LogP contribution in [0.1, 0.15) is 32.1 Å². The first-order valence-corrected chi connectivity index (χ1v) is 7.69. The summed E-state index contributed by atoms with van der Waals surface area (Å²) in [6.45, 7) is 3.76. The molecule has 2 fully saturated rings. The maximum Gasteiger partial charge on any atom is 0.0862 e. The largest absolute Gasteiger partial charge is 0.390 e. The first kappa shape index (κ1) is 13.1. The van der Waals surface area contributed by atoms with Crippen LogP contribution in [0.4, 0.5) is 0 Å². The molecule has 1 N–H and O–H groups in total. The fraction of sp³-hybridized carbons (Fsp3) is 0.800. The molecule has 2 aliphatic rings. The second kappa shape index (κ2) is 6.06. The summed E-state index contributed by atoms with van der Waals surface area (Å²) in [5, 5.41) is 14.3. The first-order chi connectivity index (χ1) is 9.31. The highest BCUT2D eigenvalue weighted by atomic mass is 16.3. The number of aliphatic hydroxyl groups excluding tert-OH is 1. The van der Waals surface area contributed by atoms with Gasteiger partial charge in [-0.25, -0.2) is 0 Å². The van der Waals surface area contributed by atoms with E-state index in [1.54, 1.807) is 6.20 Å². The molecule has 1 saturated heterocycles. The summed E-state index contributed by atoms with van der Waals surface area (Å²) >= 11 is 0. The predicted molar refractivity (Wildman–Crippen MR) is 74.7 cm³/mol. The highest BCUT2D eigenvalue weighted by Gasteiger charge is 2.31. The lowest BCUT2D eigenvalue weighted by Gasteiger charge is -2.41. The molecular formula is C15H25N3O. The number of aromatic nitrogens is 2. The van der Waals surface area contributed by atoms with E-state index in [4.69, 9.17) is 0 Å². The molecule has 1 aromatic rings. The van der Waals surface area contributed by atoms with Gasteiger partial charge in [0.15, 0.2) is 0 Å². The maximum atomic E-state index is 10.2. The van der Waals surface area contributed by atoms with Gasteiger partial charge in [0.1, 0.15) is 0 Å². The number of hydrogen-bond donors (Lipinski definition) is 1. The highest BCUT2D eigenvalue weighted by Crippen LogP contribution is 2.35. The Balaban J connectivity index is 1.47. The van der Waals surface area contributed by atoms with Crippen LogP contribution in [-0.2, 0) is 6.54 Å². The van der Waals surface area contributed by atoms with Crippen molar-refractivity contribution in [1.82, 2.24) is 14.7 Å². The lowest BCUT2D eigenvalue weighted by molar-refractivity contribution is 0.0394. The molecule has 2 heterocycles. The molecule has 106 valence electrons. The molecule has 3 atom stereocenters. The van der Waals surface area contributed by atoms with Gasteiger partial charge in [-0.3, -0.25) is 4.68 Å². The molecule has 0 unspecified atom stereocenters. The molecule has 4 nitrogen and oxygen atoms in total. The topological polar surface area (TPSA) is 41.3 Å². The van der Waals surface area contributed by atoms with Gasteiger partial charge in [0.05, 0.1) is 12.6 Å². The summed E-state index contributed by atoms with van der Waals surface area (Å²) in [6.07, 6.45) is 10.4. The van der Waals surface area contributed by atoms with Crippen molar-refractivity contribution in [2.24, 2.45) is 11.8 Å². The van der Waals surface area contributed by atoms with Crippen molar-refractivity contribution in [3.05, 3.63) is 18.5 Å². The van der Waals surface area contributed by atoms with Gasteiger partial charge in [0.2, 0.25) is 0 Å². The van der Waals surface area contributed by atoms with E-state index in [2.05, 4.69) is 10.00 Å². The summed E-state index contributed by atoms with van der Waals surface area (Å²) in [4.78, 5) is 2.46. The van der Waals surface area contributed by atoms with Crippen molar-refractivity contribution >= 4 is 0 Å². The summed E-state index contributed by atoms with van der Waals surface area (Å²) in [7, 11) is 0. The first-order valence-electron chi connectivity index (χ1n) is 7.69. The zero-order chi connectivity index (χ0) is 13.1. The van der Waals surface area contributed by atoms with Gasteiger partial charge in [-0.15, -0.1) is 0 Å². The summed E-state index contributed by atoms with van der Waals surface area (Å²) in [5.74, 6) is 1.85. The number of β-amino-alcohol motifs (C(OH)–C–C–N with tert-alkyl or cyclic N) is 1. The third kappa shape index (κ3) is 3.37. The van der Waals surface area contributed by atoms with Crippen LogP contribution in [0.25, 0.3) is 0 Å². The molecular weight excluding hydrogens is 238 g/mol. The van der Waals surface area contributed by atoms with Gasteiger partial charge in [-0.2, -0.15) is 5.10 Å². The fourth-order valence-corrected chi connectivity index (χ4v) is 3.82. The van der Waals surface area contributed by atoms with Crippen molar-refractivity contribution in [3.8, 4) is 0 Å². The lowest BCUT2D eigenvalue weighted by atomic mass is 9.75. The molecule has 4 heteroatoms. The minimum absolute atomic E-state index is 0.306. The molecule has 3 rings (SSSR count). The average Bonchev–Trinajstić information content (AvgIpc) is 2.91. The van der Waals surface area contributed by atoms with E-state index in [-0.39, 0.29) is 6.10 Å². The van der Waals surface area contributed by atoms with Crippen LogP contribution in [0, 0.1) is 11.8 Å². The van der Waals surface area contributed by atoms with E-state index in [0.29, 0.717) is 6.54 Å². The van der Waals surface area contributed by atoms with Crippen LogP contribution in [0.15, 0.2) is 18.5 Å². The smallest absolute Gasteiger partial charge is 0.0862 e. The van der Waals surface area contributed by atoms with Crippen molar-refractivity contribution in [3.63, 3.8) is 0 Å². The molecule has 0 radical (unpaired) electrons. The minimum atomic E-state index is -0.306. The van der Waals surface area contributed by atoms with Crippen molar-refractivity contribution in [2.75, 3.05) is 19.6 Å². The van der Waals surface area contributed by atoms with Crippen LogP contribution >= 0.6 is 0 Å². The van der Waals surface area contributed by atoms with Gasteiger partial charge in [0, 0.05) is 25.5 Å². The van der Waals surface area contributed by atoms with E-state index < -0.39 is 0 Å². The molecule has 1 aliphatic heterocycles. The predicted octanol–water partition coefficient (Wildman–Crippen LogP) is 1.76. The monoisotopic (exact) mass is 263 g/mol. The molecule has 1 aromatic heterocycles. The van der Waals surface area contributed by atoms with Crippen LogP contribution in [0.5, 0.6) is 0 Å². The van der Waals surface area contributed by atoms with E-state index in [9.17, 15) is 5.11 Å². The zero-order valence-electron chi connectivity index (χ0n) is 11.6. The quantitative estimate of drug-likeness (QED) is 0.900. The zero-order valence-corrected chi connectivity index (χ0v) is 11.6. The van der Waals surface area contributed by atoms with Gasteiger partial charge in [-0.1, -0.05) is 19.3 Å². The molecule has 1 aliphatic carbocycles. The van der Waals surface area contributed by atoms with Crippen molar-refractivity contribution in [2.45, 2.75) is 44.8 Å². The van der Waals surface area contributed by atoms with E-state index in [0.717, 1.165) is 24.9 Å². The summed E-state index contributed by atoms with van der Waals surface area (Å²) < 4.78 is 1.82.